The number of halogens is 1. The van der Waals surface area contributed by atoms with Crippen LogP contribution in [0.2, 0.25) is 0 Å². The molecule has 268 valence electrons. The quantitative estimate of drug-likeness (QED) is 0.120. The number of esters is 1. The highest BCUT2D eigenvalue weighted by Crippen LogP contribution is 2.32. The number of aromatic nitrogens is 1. The van der Waals surface area contributed by atoms with Gasteiger partial charge in [-0.2, -0.15) is 0 Å². The zero-order valence-corrected chi connectivity index (χ0v) is 30.4. The summed E-state index contributed by atoms with van der Waals surface area (Å²) in [7, 11) is -6.52. The summed E-state index contributed by atoms with van der Waals surface area (Å²) in [6.45, 7) is 4.03. The van der Waals surface area contributed by atoms with E-state index in [9.17, 15) is 30.8 Å². The molecule has 6 rings (SSSR count). The van der Waals surface area contributed by atoms with E-state index in [-0.39, 0.29) is 28.8 Å². The largest absolute Gasteiger partial charge is 0.465 e. The van der Waals surface area contributed by atoms with Gasteiger partial charge in [0.05, 0.1) is 26.9 Å². The van der Waals surface area contributed by atoms with E-state index < -0.39 is 19.7 Å². The van der Waals surface area contributed by atoms with E-state index in [1.165, 1.54) is 24.3 Å². The van der Waals surface area contributed by atoms with Crippen molar-refractivity contribution >= 4 is 42.8 Å². The summed E-state index contributed by atoms with van der Waals surface area (Å²) in [6.07, 6.45) is 10.4. The van der Waals surface area contributed by atoms with Crippen LogP contribution in [0.1, 0.15) is 98.3 Å². The molecule has 50 heavy (non-hydrogen) atoms. The number of benzene rings is 3. The Morgan fingerprint density at radius 1 is 0.800 bits per heavy atom. The predicted molar refractivity (Wildman–Crippen MR) is 192 cm³/mol. The number of sulfone groups is 2. The molecule has 0 aliphatic heterocycles. The van der Waals surface area contributed by atoms with Gasteiger partial charge in [0.25, 0.3) is 0 Å². The summed E-state index contributed by atoms with van der Waals surface area (Å²) in [5.41, 5.74) is 3.99. The Balaban J connectivity index is 0.000000240. The van der Waals surface area contributed by atoms with Crippen LogP contribution < -0.4 is 0 Å². The first-order valence-corrected chi connectivity index (χ1v) is 20.6. The molecule has 8 nitrogen and oxygen atoms in total. The maximum Gasteiger partial charge on any atom is 0.325 e. The lowest BCUT2D eigenvalue weighted by atomic mass is 10.0. The van der Waals surface area contributed by atoms with Crippen molar-refractivity contribution in [1.82, 2.24) is 4.57 Å². The standard InChI is InChI=1S/C26H30FNO4S.C13H16O3S/c1-3-32-26(29)17-28-18(2)23(24-16-20(27)11-14-25(24)28)15-19-9-12-22(13-10-19)33(30,31)21-7-5-4-6-8-21;14-10-11-6-8-13(9-7-11)17(15,16)12-4-2-1-3-5-12/h9-14,16,21H,3-8,15,17H2,1-2H3;6-10,12H,1-5H2. The summed E-state index contributed by atoms with van der Waals surface area (Å²) in [4.78, 5) is 23.4. The molecule has 0 atom stereocenters. The van der Waals surface area contributed by atoms with Crippen molar-refractivity contribution in [1.29, 1.82) is 0 Å². The van der Waals surface area contributed by atoms with E-state index in [1.54, 1.807) is 37.3 Å². The SMILES string of the molecule is CCOC(=O)Cn1c(C)c(Cc2ccc(S(=O)(=O)C3CCCCC3)cc2)c2cc(F)ccc21.O=Cc1ccc(S(=O)(=O)C2CCCCC2)cc1. The Morgan fingerprint density at radius 3 is 1.82 bits per heavy atom. The Hall–Kier alpha value is -3.83. The molecule has 1 aromatic heterocycles. The number of nitrogens with zero attached hydrogens (tertiary/aromatic N) is 1. The molecule has 4 aromatic rings. The van der Waals surface area contributed by atoms with Crippen LogP contribution in [0.15, 0.2) is 76.5 Å². The second kappa shape index (κ2) is 16.5. The monoisotopic (exact) mass is 723 g/mol. The number of carbonyl (C=O) groups is 2. The van der Waals surface area contributed by atoms with Gasteiger partial charge >= 0.3 is 5.97 Å². The van der Waals surface area contributed by atoms with E-state index in [1.807, 2.05) is 23.6 Å². The average Bonchev–Trinajstić information content (AvgIpc) is 3.38. The number of rotatable bonds is 10. The normalized spacial score (nSPS) is 16.1. The summed E-state index contributed by atoms with van der Waals surface area (Å²) in [5, 5.41) is 0.220. The van der Waals surface area contributed by atoms with Gasteiger partial charge in [0.1, 0.15) is 18.6 Å². The van der Waals surface area contributed by atoms with Gasteiger partial charge in [-0.1, -0.05) is 62.8 Å². The van der Waals surface area contributed by atoms with Crippen molar-refractivity contribution in [2.45, 2.75) is 111 Å². The molecule has 3 aromatic carbocycles. The van der Waals surface area contributed by atoms with Crippen molar-refractivity contribution in [3.63, 3.8) is 0 Å². The zero-order chi connectivity index (χ0) is 35.9. The van der Waals surface area contributed by atoms with Gasteiger partial charge in [-0.15, -0.1) is 0 Å². The van der Waals surface area contributed by atoms with Crippen LogP contribution in [-0.2, 0) is 42.2 Å². The van der Waals surface area contributed by atoms with Crippen molar-refractivity contribution < 1.29 is 35.6 Å². The molecule has 2 fully saturated rings. The summed E-state index contributed by atoms with van der Waals surface area (Å²) >= 11 is 0. The molecule has 0 unspecified atom stereocenters. The highest BCUT2D eigenvalue weighted by molar-refractivity contribution is 7.92. The highest BCUT2D eigenvalue weighted by atomic mass is 32.2. The maximum absolute atomic E-state index is 14.1. The number of fused-ring (bicyclic) bond motifs is 1. The lowest BCUT2D eigenvalue weighted by Crippen LogP contribution is -2.24. The van der Waals surface area contributed by atoms with Crippen molar-refractivity contribution in [2.24, 2.45) is 0 Å². The highest BCUT2D eigenvalue weighted by Gasteiger charge is 2.30. The lowest BCUT2D eigenvalue weighted by molar-refractivity contribution is -0.143. The number of hydrogen-bond donors (Lipinski definition) is 0. The van der Waals surface area contributed by atoms with E-state index in [2.05, 4.69) is 0 Å². The summed E-state index contributed by atoms with van der Waals surface area (Å²) in [5.74, 6) is -0.684. The number of carbonyl (C=O) groups excluding carboxylic acids is 2. The molecule has 0 radical (unpaired) electrons. The van der Waals surface area contributed by atoms with Gasteiger partial charge in [-0.05, 0) is 99.5 Å². The minimum atomic E-state index is -3.32. The third kappa shape index (κ3) is 8.54. The average molecular weight is 724 g/mol. The Bertz CT molecular complexity index is 2010. The van der Waals surface area contributed by atoms with Crippen LogP contribution in [0.4, 0.5) is 4.39 Å². The van der Waals surface area contributed by atoms with Gasteiger partial charge in [0.2, 0.25) is 0 Å². The molecule has 2 aliphatic carbocycles. The third-order valence-corrected chi connectivity index (χ3v) is 14.5. The molecular formula is C39H46FNO7S2. The Morgan fingerprint density at radius 2 is 1.32 bits per heavy atom. The third-order valence-electron chi connectivity index (χ3n) is 9.97. The number of ether oxygens (including phenoxy) is 1. The fraction of sp³-hybridized carbons (Fsp3) is 0.436. The Kier molecular flexibility index (Phi) is 12.3. The van der Waals surface area contributed by atoms with Gasteiger partial charge < -0.3 is 9.30 Å². The maximum atomic E-state index is 14.1. The molecular weight excluding hydrogens is 678 g/mol. The van der Waals surface area contributed by atoms with Gasteiger partial charge in [-0.3, -0.25) is 9.59 Å². The van der Waals surface area contributed by atoms with Crippen LogP contribution in [0, 0.1) is 12.7 Å². The first-order valence-electron chi connectivity index (χ1n) is 17.5. The van der Waals surface area contributed by atoms with Crippen LogP contribution >= 0.6 is 0 Å². The molecule has 0 amide bonds. The second-order valence-electron chi connectivity index (χ2n) is 13.2. The van der Waals surface area contributed by atoms with Crippen molar-refractivity contribution in [2.75, 3.05) is 6.61 Å². The van der Waals surface area contributed by atoms with Gasteiger partial charge in [0, 0.05) is 22.2 Å². The fourth-order valence-electron chi connectivity index (χ4n) is 7.16. The smallest absolute Gasteiger partial charge is 0.325 e. The van der Waals surface area contributed by atoms with Crippen LogP contribution in [0.3, 0.4) is 0 Å². The fourth-order valence-corrected chi connectivity index (χ4v) is 10.9. The molecule has 0 N–H and O–H groups in total. The van der Waals surface area contributed by atoms with E-state index in [0.717, 1.165) is 98.2 Å². The van der Waals surface area contributed by atoms with Crippen LogP contribution in [0.25, 0.3) is 10.9 Å². The van der Waals surface area contributed by atoms with E-state index in [0.29, 0.717) is 28.4 Å². The van der Waals surface area contributed by atoms with Crippen LogP contribution in [-0.4, -0.2) is 50.8 Å². The van der Waals surface area contributed by atoms with E-state index >= 15 is 0 Å². The second-order valence-corrected chi connectivity index (χ2v) is 17.7. The summed E-state index contributed by atoms with van der Waals surface area (Å²) < 4.78 is 71.6. The number of hydrogen-bond acceptors (Lipinski definition) is 7. The van der Waals surface area contributed by atoms with Gasteiger partial charge in [-0.25, -0.2) is 21.2 Å². The molecule has 2 aliphatic rings. The molecule has 0 bridgehead atoms. The van der Waals surface area contributed by atoms with Gasteiger partial charge in [0.15, 0.2) is 19.7 Å². The zero-order valence-electron chi connectivity index (χ0n) is 28.8. The minimum absolute atomic E-state index is 0.0559. The van der Waals surface area contributed by atoms with Crippen molar-refractivity contribution in [3.8, 4) is 0 Å². The molecule has 0 saturated heterocycles. The summed E-state index contributed by atoms with van der Waals surface area (Å²) in [6, 6.07) is 17.8. The minimum Gasteiger partial charge on any atom is -0.465 e. The first kappa shape index (κ1) is 37.4. The number of aldehydes is 1. The molecule has 11 heteroatoms. The van der Waals surface area contributed by atoms with E-state index in [4.69, 9.17) is 4.74 Å². The van der Waals surface area contributed by atoms with Crippen molar-refractivity contribution in [3.05, 3.63) is 94.9 Å². The molecule has 2 saturated carbocycles. The molecule has 0 spiro atoms. The first-order chi connectivity index (χ1) is 23.9. The lowest BCUT2D eigenvalue weighted by Gasteiger charge is -2.21. The predicted octanol–water partition coefficient (Wildman–Crippen LogP) is 7.95. The topological polar surface area (TPSA) is 117 Å². The molecule has 1 heterocycles. The van der Waals surface area contributed by atoms with Crippen LogP contribution in [0.5, 0.6) is 0 Å². The Labute approximate surface area is 294 Å².